The molecule has 1 aliphatic heterocycles. The predicted octanol–water partition coefficient (Wildman–Crippen LogP) is 3.18. The van der Waals surface area contributed by atoms with Gasteiger partial charge in [-0.05, 0) is 32.4 Å². The van der Waals surface area contributed by atoms with Gasteiger partial charge in [-0.2, -0.15) is 0 Å². The van der Waals surface area contributed by atoms with Crippen LogP contribution in [0.5, 0.6) is 0 Å². The summed E-state index contributed by atoms with van der Waals surface area (Å²) < 4.78 is 0. The van der Waals surface area contributed by atoms with Crippen LogP contribution in [-0.2, 0) is 0 Å². The molecule has 1 saturated heterocycles. The fraction of sp³-hybridized carbons (Fsp3) is 0.714. The third kappa shape index (κ3) is 5.40. The van der Waals surface area contributed by atoms with E-state index in [4.69, 9.17) is 0 Å². The third-order valence-electron chi connectivity index (χ3n) is 3.63. The quantitative estimate of drug-likeness (QED) is 0.903. The summed E-state index contributed by atoms with van der Waals surface area (Å²) in [5.74, 6) is 1.20. The van der Waals surface area contributed by atoms with Crippen LogP contribution in [0.25, 0.3) is 0 Å². The number of thiazole rings is 1. The maximum atomic E-state index is 12.4. The molecule has 21 heavy (non-hydrogen) atoms. The van der Waals surface area contributed by atoms with Gasteiger partial charge in [0.25, 0.3) is 5.91 Å². The second-order valence-corrected chi connectivity index (χ2v) is 6.41. The Morgan fingerprint density at radius 2 is 2.05 bits per heavy atom. The van der Waals surface area contributed by atoms with E-state index in [0.29, 0.717) is 17.5 Å². The molecule has 122 valence electrons. The Labute approximate surface area is 143 Å². The van der Waals surface area contributed by atoms with Gasteiger partial charge in [-0.1, -0.05) is 13.8 Å². The Bertz CT molecular complexity index is 432. The number of nitrogens with one attached hydrogen (secondary N) is 1. The number of carbonyl (C=O) groups excluding carboxylic acids is 1. The van der Waals surface area contributed by atoms with Crippen molar-refractivity contribution in [1.29, 1.82) is 0 Å². The molecule has 2 heterocycles. The zero-order valence-electron chi connectivity index (χ0n) is 12.8. The summed E-state index contributed by atoms with van der Waals surface area (Å²) in [7, 11) is 1.99. The lowest BCUT2D eigenvalue weighted by Crippen LogP contribution is -2.40. The SMILES string of the molecule is CNCC1CCN(C(=O)c2csc(C(C)C)n2)CC1.Cl.Cl. The van der Waals surface area contributed by atoms with E-state index >= 15 is 0 Å². The first kappa shape index (κ1) is 20.6. The van der Waals surface area contributed by atoms with Crippen LogP contribution in [0.15, 0.2) is 5.38 Å². The smallest absolute Gasteiger partial charge is 0.273 e. The van der Waals surface area contributed by atoms with Crippen LogP contribution in [0.3, 0.4) is 0 Å². The Morgan fingerprint density at radius 3 is 2.52 bits per heavy atom. The van der Waals surface area contributed by atoms with E-state index in [-0.39, 0.29) is 30.7 Å². The first-order valence-corrected chi connectivity index (χ1v) is 7.89. The van der Waals surface area contributed by atoms with Crippen LogP contribution in [0.4, 0.5) is 0 Å². The maximum absolute atomic E-state index is 12.4. The van der Waals surface area contributed by atoms with Crippen molar-refractivity contribution < 1.29 is 4.79 Å². The van der Waals surface area contributed by atoms with E-state index in [2.05, 4.69) is 24.1 Å². The minimum atomic E-state index is 0. The first-order chi connectivity index (χ1) is 9.11. The number of rotatable bonds is 4. The molecule has 1 amide bonds. The van der Waals surface area contributed by atoms with Gasteiger partial charge < -0.3 is 10.2 Å². The van der Waals surface area contributed by atoms with Crippen LogP contribution >= 0.6 is 36.2 Å². The number of amides is 1. The molecule has 1 aromatic rings. The standard InChI is InChI=1S/C14H23N3OS.2ClH/c1-10(2)13-16-12(9-19-13)14(18)17-6-4-11(5-7-17)8-15-3;;/h9-11,15H,4-8H2,1-3H3;2*1H. The lowest BCUT2D eigenvalue weighted by Gasteiger charge is -2.31. The Hall–Kier alpha value is -0.360. The van der Waals surface area contributed by atoms with E-state index in [1.165, 1.54) is 0 Å². The van der Waals surface area contributed by atoms with Gasteiger partial charge in [0.1, 0.15) is 5.69 Å². The molecule has 0 aliphatic carbocycles. The lowest BCUT2D eigenvalue weighted by atomic mass is 9.97. The summed E-state index contributed by atoms with van der Waals surface area (Å²) in [6.07, 6.45) is 2.18. The Kier molecular flexibility index (Phi) is 9.45. The first-order valence-electron chi connectivity index (χ1n) is 7.01. The molecule has 1 aliphatic rings. The van der Waals surface area contributed by atoms with Crippen molar-refractivity contribution in [3.05, 3.63) is 16.1 Å². The molecule has 0 bridgehead atoms. The average Bonchev–Trinajstić information content (AvgIpc) is 2.89. The number of hydrogen-bond acceptors (Lipinski definition) is 4. The van der Waals surface area contributed by atoms with Gasteiger partial charge in [0.15, 0.2) is 0 Å². The van der Waals surface area contributed by atoms with E-state index < -0.39 is 0 Å². The van der Waals surface area contributed by atoms with E-state index in [1.807, 2.05) is 17.3 Å². The molecule has 1 aromatic heterocycles. The van der Waals surface area contributed by atoms with Gasteiger partial charge in [-0.15, -0.1) is 36.2 Å². The topological polar surface area (TPSA) is 45.2 Å². The number of piperidine rings is 1. The highest BCUT2D eigenvalue weighted by atomic mass is 35.5. The Morgan fingerprint density at radius 1 is 1.43 bits per heavy atom. The van der Waals surface area contributed by atoms with Crippen molar-refractivity contribution in [2.75, 3.05) is 26.7 Å². The highest BCUT2D eigenvalue weighted by Gasteiger charge is 2.24. The summed E-state index contributed by atoms with van der Waals surface area (Å²) in [5, 5.41) is 6.16. The molecule has 0 aromatic carbocycles. The molecule has 4 nitrogen and oxygen atoms in total. The highest BCUT2D eigenvalue weighted by molar-refractivity contribution is 7.09. The number of carbonyl (C=O) groups is 1. The number of hydrogen-bond donors (Lipinski definition) is 1. The summed E-state index contributed by atoms with van der Waals surface area (Å²) >= 11 is 1.59. The van der Waals surface area contributed by atoms with E-state index in [0.717, 1.165) is 37.5 Å². The molecule has 1 fully saturated rings. The van der Waals surface area contributed by atoms with Crippen LogP contribution in [-0.4, -0.2) is 42.5 Å². The van der Waals surface area contributed by atoms with Crippen molar-refractivity contribution in [3.8, 4) is 0 Å². The van der Waals surface area contributed by atoms with Gasteiger partial charge in [0.05, 0.1) is 5.01 Å². The van der Waals surface area contributed by atoms with E-state index in [9.17, 15) is 4.79 Å². The van der Waals surface area contributed by atoms with Gasteiger partial charge in [0.2, 0.25) is 0 Å². The number of nitrogens with zero attached hydrogens (tertiary/aromatic N) is 2. The van der Waals surface area contributed by atoms with Crippen molar-refractivity contribution in [1.82, 2.24) is 15.2 Å². The summed E-state index contributed by atoms with van der Waals surface area (Å²) in [5.41, 5.74) is 0.626. The normalized spacial score (nSPS) is 15.5. The van der Waals surface area contributed by atoms with Crippen molar-refractivity contribution in [2.24, 2.45) is 5.92 Å². The molecular weight excluding hydrogens is 329 g/mol. The largest absolute Gasteiger partial charge is 0.337 e. The van der Waals surface area contributed by atoms with Crippen molar-refractivity contribution >= 4 is 42.1 Å². The molecular formula is C14H25Cl2N3OS. The molecule has 1 N–H and O–H groups in total. The van der Waals surface area contributed by atoms with Crippen LogP contribution < -0.4 is 5.32 Å². The molecule has 0 unspecified atom stereocenters. The van der Waals surface area contributed by atoms with Crippen molar-refractivity contribution in [2.45, 2.75) is 32.6 Å². The summed E-state index contributed by atoms with van der Waals surface area (Å²) in [6.45, 7) is 6.99. The molecule has 7 heteroatoms. The third-order valence-corrected chi connectivity index (χ3v) is 4.77. The van der Waals surface area contributed by atoms with E-state index in [1.54, 1.807) is 11.3 Å². The highest BCUT2D eigenvalue weighted by Crippen LogP contribution is 2.22. The number of halogens is 2. The molecule has 0 spiro atoms. The second kappa shape index (κ2) is 9.62. The molecule has 0 saturated carbocycles. The van der Waals surface area contributed by atoms with Crippen LogP contribution in [0, 0.1) is 5.92 Å². The average molecular weight is 354 g/mol. The van der Waals surface area contributed by atoms with Gasteiger partial charge in [0, 0.05) is 24.4 Å². The molecule has 0 atom stereocenters. The molecule has 2 rings (SSSR count). The zero-order valence-corrected chi connectivity index (χ0v) is 15.2. The van der Waals surface area contributed by atoms with Gasteiger partial charge in [-0.25, -0.2) is 4.98 Å². The van der Waals surface area contributed by atoms with Crippen LogP contribution in [0.1, 0.15) is 48.1 Å². The fourth-order valence-corrected chi connectivity index (χ4v) is 3.25. The minimum absolute atomic E-state index is 0. The Balaban J connectivity index is 0.00000200. The lowest BCUT2D eigenvalue weighted by molar-refractivity contribution is 0.0685. The summed E-state index contributed by atoms with van der Waals surface area (Å²) in [6, 6.07) is 0. The van der Waals surface area contributed by atoms with Gasteiger partial charge >= 0.3 is 0 Å². The monoisotopic (exact) mass is 353 g/mol. The van der Waals surface area contributed by atoms with Crippen molar-refractivity contribution in [3.63, 3.8) is 0 Å². The minimum Gasteiger partial charge on any atom is -0.337 e. The maximum Gasteiger partial charge on any atom is 0.273 e. The van der Waals surface area contributed by atoms with Crippen LogP contribution in [0.2, 0.25) is 0 Å². The summed E-state index contributed by atoms with van der Waals surface area (Å²) in [4.78, 5) is 18.8. The zero-order chi connectivity index (χ0) is 13.8. The number of aromatic nitrogens is 1. The molecule has 0 radical (unpaired) electrons. The predicted molar refractivity (Wildman–Crippen MR) is 93.3 cm³/mol. The van der Waals surface area contributed by atoms with Gasteiger partial charge in [-0.3, -0.25) is 4.79 Å². The fourth-order valence-electron chi connectivity index (χ4n) is 2.44. The second-order valence-electron chi connectivity index (χ2n) is 5.52. The number of likely N-dealkylation sites (tertiary alicyclic amines) is 1.